The second-order valence-electron chi connectivity index (χ2n) is 5.33. The first-order valence-electron chi connectivity index (χ1n) is 7.04. The molecule has 0 bridgehead atoms. The van der Waals surface area contributed by atoms with Crippen molar-refractivity contribution in [1.29, 1.82) is 0 Å². The van der Waals surface area contributed by atoms with Crippen LogP contribution >= 0.6 is 0 Å². The fourth-order valence-electron chi connectivity index (χ4n) is 2.49. The molecule has 0 radical (unpaired) electrons. The maximum atomic E-state index is 12.4. The summed E-state index contributed by atoms with van der Waals surface area (Å²) in [6.07, 6.45) is -3.01. The van der Waals surface area contributed by atoms with E-state index in [-0.39, 0.29) is 24.7 Å². The number of halogens is 3. The van der Waals surface area contributed by atoms with Crippen LogP contribution in [0.4, 0.5) is 13.2 Å². The van der Waals surface area contributed by atoms with Gasteiger partial charge in [0.1, 0.15) is 6.54 Å². The minimum atomic E-state index is -4.43. The SMILES string of the molecule is COc1cc(-c2noc([C@H]3CC(=O)N(CC(F)(F)F)C3)n2)ccn1. The number of carbonyl (C=O) groups excluding carboxylic acids is 1. The van der Waals surface area contributed by atoms with Crippen LogP contribution in [0.3, 0.4) is 0 Å². The van der Waals surface area contributed by atoms with Crippen LogP contribution < -0.4 is 4.74 Å². The number of carbonyl (C=O) groups is 1. The van der Waals surface area contributed by atoms with Crippen LogP contribution in [0, 0.1) is 0 Å². The summed E-state index contributed by atoms with van der Waals surface area (Å²) < 4.78 is 47.5. The molecule has 1 aliphatic rings. The number of ether oxygens (including phenoxy) is 1. The maximum Gasteiger partial charge on any atom is 0.406 e. The van der Waals surface area contributed by atoms with Gasteiger partial charge in [-0.25, -0.2) is 4.98 Å². The summed E-state index contributed by atoms with van der Waals surface area (Å²) in [7, 11) is 1.47. The quantitative estimate of drug-likeness (QED) is 0.845. The van der Waals surface area contributed by atoms with Crippen LogP contribution in [-0.4, -0.2) is 52.3 Å². The van der Waals surface area contributed by atoms with Crippen molar-refractivity contribution in [3.8, 4) is 17.3 Å². The van der Waals surface area contributed by atoms with Crippen molar-refractivity contribution in [2.24, 2.45) is 0 Å². The highest BCUT2D eigenvalue weighted by molar-refractivity contribution is 5.79. The Labute approximate surface area is 134 Å². The minimum absolute atomic E-state index is 0.0859. The molecule has 1 aliphatic heterocycles. The molecule has 1 amide bonds. The van der Waals surface area contributed by atoms with Gasteiger partial charge in [-0.3, -0.25) is 4.79 Å². The van der Waals surface area contributed by atoms with Gasteiger partial charge in [0.15, 0.2) is 0 Å². The predicted octanol–water partition coefficient (Wildman–Crippen LogP) is 2.02. The molecule has 1 atom stereocenters. The van der Waals surface area contributed by atoms with E-state index in [9.17, 15) is 18.0 Å². The summed E-state index contributed by atoms with van der Waals surface area (Å²) >= 11 is 0. The van der Waals surface area contributed by atoms with Crippen LogP contribution in [0.25, 0.3) is 11.4 Å². The van der Waals surface area contributed by atoms with Gasteiger partial charge in [-0.2, -0.15) is 18.2 Å². The molecule has 0 spiro atoms. The first-order chi connectivity index (χ1) is 11.4. The van der Waals surface area contributed by atoms with Gasteiger partial charge in [-0.1, -0.05) is 5.16 Å². The molecule has 128 valence electrons. The first kappa shape index (κ1) is 16.2. The van der Waals surface area contributed by atoms with Gasteiger partial charge in [0.2, 0.25) is 23.5 Å². The highest BCUT2D eigenvalue weighted by atomic mass is 19.4. The van der Waals surface area contributed by atoms with Crippen molar-refractivity contribution in [2.75, 3.05) is 20.2 Å². The molecule has 2 aromatic rings. The van der Waals surface area contributed by atoms with Crippen LogP contribution in [0.5, 0.6) is 5.88 Å². The molecule has 0 aliphatic carbocycles. The lowest BCUT2D eigenvalue weighted by Gasteiger charge is -2.17. The van der Waals surface area contributed by atoms with E-state index < -0.39 is 24.5 Å². The molecule has 24 heavy (non-hydrogen) atoms. The maximum absolute atomic E-state index is 12.4. The molecule has 3 rings (SSSR count). The van der Waals surface area contributed by atoms with Gasteiger partial charge >= 0.3 is 6.18 Å². The largest absolute Gasteiger partial charge is 0.481 e. The summed E-state index contributed by atoms with van der Waals surface area (Å²) in [5.74, 6) is -0.370. The summed E-state index contributed by atoms with van der Waals surface area (Å²) in [5.41, 5.74) is 0.591. The minimum Gasteiger partial charge on any atom is -0.481 e. The number of nitrogens with zero attached hydrogens (tertiary/aromatic N) is 4. The Morgan fingerprint density at radius 1 is 1.46 bits per heavy atom. The Morgan fingerprint density at radius 3 is 2.96 bits per heavy atom. The van der Waals surface area contributed by atoms with E-state index in [0.717, 1.165) is 4.90 Å². The van der Waals surface area contributed by atoms with E-state index in [1.54, 1.807) is 12.1 Å². The molecule has 0 saturated carbocycles. The van der Waals surface area contributed by atoms with Gasteiger partial charge in [0, 0.05) is 30.8 Å². The molecule has 1 fully saturated rings. The number of alkyl halides is 3. The number of rotatable bonds is 4. The molecule has 1 saturated heterocycles. The summed E-state index contributed by atoms with van der Waals surface area (Å²) in [5, 5.41) is 3.81. The molecule has 0 unspecified atom stereocenters. The number of pyridine rings is 1. The lowest BCUT2D eigenvalue weighted by atomic mass is 10.1. The fourth-order valence-corrected chi connectivity index (χ4v) is 2.49. The lowest BCUT2D eigenvalue weighted by Crippen LogP contribution is -2.35. The average Bonchev–Trinajstić information content (AvgIpc) is 3.14. The zero-order chi connectivity index (χ0) is 17.3. The van der Waals surface area contributed by atoms with Crippen LogP contribution in [0.15, 0.2) is 22.9 Å². The van der Waals surface area contributed by atoms with E-state index in [1.807, 2.05) is 0 Å². The fraction of sp³-hybridized carbons (Fsp3) is 0.429. The Kier molecular flexibility index (Phi) is 4.12. The standard InChI is InChI=1S/C14H13F3N4O3/c1-23-10-4-8(2-3-18-10)12-19-13(24-20-12)9-5-11(22)21(6-9)7-14(15,16)17/h2-4,9H,5-7H2,1H3/t9-/m0/s1. The smallest absolute Gasteiger partial charge is 0.406 e. The van der Waals surface area contributed by atoms with Gasteiger partial charge in [-0.05, 0) is 6.07 Å². The van der Waals surface area contributed by atoms with Gasteiger partial charge in [-0.15, -0.1) is 0 Å². The second kappa shape index (κ2) is 6.10. The lowest BCUT2D eigenvalue weighted by molar-refractivity contribution is -0.157. The number of methoxy groups -OCH3 is 1. The highest BCUT2D eigenvalue weighted by Crippen LogP contribution is 2.31. The third kappa shape index (κ3) is 3.47. The molecule has 0 N–H and O–H groups in total. The molecule has 7 nitrogen and oxygen atoms in total. The van der Waals surface area contributed by atoms with E-state index in [2.05, 4.69) is 15.1 Å². The monoisotopic (exact) mass is 342 g/mol. The topological polar surface area (TPSA) is 81.4 Å². The Morgan fingerprint density at radius 2 is 2.25 bits per heavy atom. The van der Waals surface area contributed by atoms with Crippen LogP contribution in [-0.2, 0) is 4.79 Å². The number of hydrogen-bond acceptors (Lipinski definition) is 6. The zero-order valence-corrected chi connectivity index (χ0v) is 12.6. The molecule has 10 heteroatoms. The van der Waals surface area contributed by atoms with Crippen molar-refractivity contribution in [3.05, 3.63) is 24.2 Å². The van der Waals surface area contributed by atoms with Crippen LogP contribution in [0.1, 0.15) is 18.2 Å². The van der Waals surface area contributed by atoms with Crippen molar-refractivity contribution in [1.82, 2.24) is 20.0 Å². The highest BCUT2D eigenvalue weighted by Gasteiger charge is 2.40. The Bertz CT molecular complexity index is 747. The van der Waals surface area contributed by atoms with Crippen molar-refractivity contribution in [3.63, 3.8) is 0 Å². The predicted molar refractivity (Wildman–Crippen MR) is 74.1 cm³/mol. The summed E-state index contributed by atoms with van der Waals surface area (Å²) in [6, 6.07) is 3.25. The van der Waals surface area contributed by atoms with E-state index >= 15 is 0 Å². The molecular weight excluding hydrogens is 329 g/mol. The number of likely N-dealkylation sites (tertiary alicyclic amines) is 1. The van der Waals surface area contributed by atoms with Gasteiger partial charge < -0.3 is 14.2 Å². The summed E-state index contributed by atoms with van der Waals surface area (Å²) in [4.78, 5) is 20.6. The third-order valence-electron chi connectivity index (χ3n) is 3.58. The Hall–Kier alpha value is -2.65. The normalized spacial score (nSPS) is 18.2. The molecule has 2 aromatic heterocycles. The first-order valence-corrected chi connectivity index (χ1v) is 7.04. The molecule has 0 aromatic carbocycles. The third-order valence-corrected chi connectivity index (χ3v) is 3.58. The van der Waals surface area contributed by atoms with Crippen LogP contribution in [0.2, 0.25) is 0 Å². The average molecular weight is 342 g/mol. The van der Waals surface area contributed by atoms with Crippen molar-refractivity contribution < 1.29 is 27.2 Å². The van der Waals surface area contributed by atoms with E-state index in [4.69, 9.17) is 9.26 Å². The van der Waals surface area contributed by atoms with Crippen molar-refractivity contribution in [2.45, 2.75) is 18.5 Å². The van der Waals surface area contributed by atoms with Crippen molar-refractivity contribution >= 4 is 5.91 Å². The molecular formula is C14H13F3N4O3. The zero-order valence-electron chi connectivity index (χ0n) is 12.6. The Balaban J connectivity index is 1.75. The summed E-state index contributed by atoms with van der Waals surface area (Å²) in [6.45, 7) is -1.37. The second-order valence-corrected chi connectivity index (χ2v) is 5.33. The van der Waals surface area contributed by atoms with Gasteiger partial charge in [0.25, 0.3) is 0 Å². The van der Waals surface area contributed by atoms with E-state index in [1.165, 1.54) is 13.3 Å². The number of hydrogen-bond donors (Lipinski definition) is 0. The number of aromatic nitrogens is 3. The van der Waals surface area contributed by atoms with Gasteiger partial charge in [0.05, 0.1) is 13.0 Å². The number of amides is 1. The van der Waals surface area contributed by atoms with E-state index in [0.29, 0.717) is 11.4 Å². The molecule has 3 heterocycles.